The molecule has 0 radical (unpaired) electrons. The number of benzene rings is 2. The molecule has 0 aliphatic rings. The van der Waals surface area contributed by atoms with Gasteiger partial charge in [-0.15, -0.1) is 11.8 Å². The molecule has 0 heterocycles. The molecular formula is C16H16Br2O2S. The normalized spacial score (nSPS) is 12.2. The van der Waals surface area contributed by atoms with E-state index >= 15 is 0 Å². The summed E-state index contributed by atoms with van der Waals surface area (Å²) in [6.45, 7) is 0. The van der Waals surface area contributed by atoms with E-state index < -0.39 is 0 Å². The van der Waals surface area contributed by atoms with E-state index in [1.807, 2.05) is 42.5 Å². The zero-order chi connectivity index (χ0) is 15.2. The predicted octanol–water partition coefficient (Wildman–Crippen LogP) is 4.92. The number of aliphatic hydroxyl groups is 1. The summed E-state index contributed by atoms with van der Waals surface area (Å²) in [5.74, 6) is 1.46. The van der Waals surface area contributed by atoms with Crippen LogP contribution in [0, 0.1) is 0 Å². The second-order valence-corrected chi connectivity index (χ2v) is 7.34. The average molecular weight is 432 g/mol. The molecule has 5 heteroatoms. The highest BCUT2D eigenvalue weighted by Crippen LogP contribution is 2.29. The fourth-order valence-electron chi connectivity index (χ4n) is 1.92. The molecule has 0 spiro atoms. The lowest BCUT2D eigenvalue weighted by molar-refractivity contribution is 0.200. The number of hydrogen-bond acceptors (Lipinski definition) is 3. The fourth-order valence-corrected chi connectivity index (χ4v) is 4.00. The summed E-state index contributed by atoms with van der Waals surface area (Å²) in [7, 11) is 1.64. The molecular weight excluding hydrogens is 416 g/mol. The molecule has 0 aliphatic carbocycles. The van der Waals surface area contributed by atoms with Crippen LogP contribution in [0.3, 0.4) is 0 Å². The van der Waals surface area contributed by atoms with E-state index in [1.165, 1.54) is 0 Å². The summed E-state index contributed by atoms with van der Waals surface area (Å²) >= 11 is 8.63. The van der Waals surface area contributed by atoms with Crippen LogP contribution in [0.5, 0.6) is 5.75 Å². The smallest absolute Gasteiger partial charge is 0.133 e. The van der Waals surface area contributed by atoms with Gasteiger partial charge in [0.15, 0.2) is 0 Å². The van der Waals surface area contributed by atoms with Crippen LogP contribution in [0.4, 0.5) is 0 Å². The molecule has 2 aromatic carbocycles. The molecule has 0 aromatic heterocycles. The van der Waals surface area contributed by atoms with Crippen molar-refractivity contribution in [3.8, 4) is 5.75 Å². The van der Waals surface area contributed by atoms with Crippen LogP contribution in [0.25, 0.3) is 0 Å². The maximum Gasteiger partial charge on any atom is 0.133 e. The third-order valence-electron chi connectivity index (χ3n) is 2.96. The van der Waals surface area contributed by atoms with Crippen LogP contribution in [0.15, 0.2) is 56.3 Å². The predicted molar refractivity (Wildman–Crippen MR) is 95.3 cm³/mol. The van der Waals surface area contributed by atoms with Gasteiger partial charge in [0.05, 0.1) is 17.7 Å². The molecule has 1 N–H and O–H groups in total. The van der Waals surface area contributed by atoms with Crippen molar-refractivity contribution >= 4 is 43.6 Å². The number of thioether (sulfide) groups is 1. The van der Waals surface area contributed by atoms with E-state index in [0.717, 1.165) is 25.2 Å². The zero-order valence-electron chi connectivity index (χ0n) is 11.6. The molecule has 0 bridgehead atoms. The molecule has 0 fully saturated rings. The summed E-state index contributed by atoms with van der Waals surface area (Å²) < 4.78 is 7.18. The van der Waals surface area contributed by atoms with Crippen molar-refractivity contribution < 1.29 is 9.84 Å². The van der Waals surface area contributed by atoms with Gasteiger partial charge in [0, 0.05) is 15.1 Å². The van der Waals surface area contributed by atoms with Gasteiger partial charge in [0.1, 0.15) is 5.75 Å². The van der Waals surface area contributed by atoms with E-state index in [2.05, 4.69) is 31.9 Å². The van der Waals surface area contributed by atoms with E-state index in [0.29, 0.717) is 12.2 Å². The second kappa shape index (κ2) is 8.22. The van der Waals surface area contributed by atoms with Crippen molar-refractivity contribution in [3.63, 3.8) is 0 Å². The van der Waals surface area contributed by atoms with Gasteiger partial charge in [-0.1, -0.05) is 18.2 Å². The standard InChI is InChI=1S/C16H16Br2O2S/c1-20-15-7-6-11(9-14(15)18)8-12(19)10-21-16-5-3-2-4-13(16)17/h2-7,9,12,19H,8,10H2,1H3. The minimum atomic E-state index is -0.387. The van der Waals surface area contributed by atoms with Gasteiger partial charge in [-0.3, -0.25) is 0 Å². The van der Waals surface area contributed by atoms with E-state index in [1.54, 1.807) is 18.9 Å². The molecule has 21 heavy (non-hydrogen) atoms. The summed E-state index contributed by atoms with van der Waals surface area (Å²) in [6, 6.07) is 13.9. The van der Waals surface area contributed by atoms with Gasteiger partial charge in [-0.2, -0.15) is 0 Å². The molecule has 0 aliphatic heterocycles. The lowest BCUT2D eigenvalue weighted by atomic mass is 10.1. The largest absolute Gasteiger partial charge is 0.496 e. The van der Waals surface area contributed by atoms with Crippen LogP contribution in [-0.2, 0) is 6.42 Å². The number of ether oxygens (including phenoxy) is 1. The maximum atomic E-state index is 10.2. The maximum absolute atomic E-state index is 10.2. The zero-order valence-corrected chi connectivity index (χ0v) is 15.5. The lowest BCUT2D eigenvalue weighted by Gasteiger charge is -2.12. The molecule has 0 saturated carbocycles. The van der Waals surface area contributed by atoms with Crippen molar-refractivity contribution in [2.45, 2.75) is 17.4 Å². The summed E-state index contributed by atoms with van der Waals surface area (Å²) in [6.07, 6.45) is 0.238. The third kappa shape index (κ3) is 5.02. The second-order valence-electron chi connectivity index (χ2n) is 4.57. The number of aliphatic hydroxyl groups excluding tert-OH is 1. The van der Waals surface area contributed by atoms with E-state index in [4.69, 9.17) is 4.74 Å². The topological polar surface area (TPSA) is 29.5 Å². The highest BCUT2D eigenvalue weighted by molar-refractivity contribution is 9.10. The number of halogens is 2. The lowest BCUT2D eigenvalue weighted by Crippen LogP contribution is -2.13. The Kier molecular flexibility index (Phi) is 6.61. The van der Waals surface area contributed by atoms with Crippen LogP contribution in [-0.4, -0.2) is 24.1 Å². The first-order valence-corrected chi connectivity index (χ1v) is 9.05. The summed E-state index contributed by atoms with van der Waals surface area (Å²) in [4.78, 5) is 1.15. The Morgan fingerprint density at radius 3 is 2.57 bits per heavy atom. The number of hydrogen-bond donors (Lipinski definition) is 1. The van der Waals surface area contributed by atoms with Crippen molar-refractivity contribution in [3.05, 3.63) is 57.0 Å². The summed E-state index contributed by atoms with van der Waals surface area (Å²) in [5, 5.41) is 10.2. The van der Waals surface area contributed by atoms with Gasteiger partial charge in [0.25, 0.3) is 0 Å². The third-order valence-corrected chi connectivity index (χ3v) is 5.75. The van der Waals surface area contributed by atoms with Gasteiger partial charge >= 0.3 is 0 Å². The minimum Gasteiger partial charge on any atom is -0.496 e. The Labute approximate surface area is 146 Å². The van der Waals surface area contributed by atoms with Crippen molar-refractivity contribution in [1.82, 2.24) is 0 Å². The Balaban J connectivity index is 1.91. The Morgan fingerprint density at radius 2 is 1.90 bits per heavy atom. The van der Waals surface area contributed by atoms with Crippen molar-refractivity contribution in [1.29, 1.82) is 0 Å². The molecule has 0 amide bonds. The van der Waals surface area contributed by atoms with Crippen molar-refractivity contribution in [2.75, 3.05) is 12.9 Å². The molecule has 112 valence electrons. The van der Waals surface area contributed by atoms with Gasteiger partial charge < -0.3 is 9.84 Å². The molecule has 2 nitrogen and oxygen atoms in total. The molecule has 1 unspecified atom stereocenters. The quantitative estimate of drug-likeness (QED) is 0.658. The fraction of sp³-hybridized carbons (Fsp3) is 0.250. The van der Waals surface area contributed by atoms with Crippen LogP contribution < -0.4 is 4.74 Å². The van der Waals surface area contributed by atoms with E-state index in [9.17, 15) is 5.11 Å². The Bertz CT molecular complexity index is 605. The highest BCUT2D eigenvalue weighted by atomic mass is 79.9. The van der Waals surface area contributed by atoms with Crippen LogP contribution >= 0.6 is 43.6 Å². The summed E-state index contributed by atoms with van der Waals surface area (Å²) in [5.41, 5.74) is 1.09. The van der Waals surface area contributed by atoms with Gasteiger partial charge in [-0.25, -0.2) is 0 Å². The SMILES string of the molecule is COc1ccc(CC(O)CSc2ccccc2Br)cc1Br. The molecule has 2 aromatic rings. The number of rotatable bonds is 6. The first-order valence-electron chi connectivity index (χ1n) is 6.48. The van der Waals surface area contributed by atoms with Crippen molar-refractivity contribution in [2.24, 2.45) is 0 Å². The average Bonchev–Trinajstić information content (AvgIpc) is 2.46. The van der Waals surface area contributed by atoms with Crippen LogP contribution in [0.2, 0.25) is 0 Å². The first-order chi connectivity index (χ1) is 10.1. The number of methoxy groups -OCH3 is 1. The van der Waals surface area contributed by atoms with E-state index in [-0.39, 0.29) is 6.10 Å². The van der Waals surface area contributed by atoms with Gasteiger partial charge in [0.2, 0.25) is 0 Å². The van der Waals surface area contributed by atoms with Gasteiger partial charge in [-0.05, 0) is 68.1 Å². The molecule has 2 rings (SSSR count). The Morgan fingerprint density at radius 1 is 1.14 bits per heavy atom. The van der Waals surface area contributed by atoms with Crippen LogP contribution in [0.1, 0.15) is 5.56 Å². The first kappa shape index (κ1) is 16.9. The minimum absolute atomic E-state index is 0.387. The Hall–Kier alpha value is -0.490. The monoisotopic (exact) mass is 430 g/mol. The highest BCUT2D eigenvalue weighted by Gasteiger charge is 2.09. The molecule has 0 saturated heterocycles. The molecule has 1 atom stereocenters.